The van der Waals surface area contributed by atoms with Gasteiger partial charge in [0.15, 0.2) is 0 Å². The third kappa shape index (κ3) is 3.42. The van der Waals surface area contributed by atoms with Crippen LogP contribution in [0.25, 0.3) is 0 Å². The van der Waals surface area contributed by atoms with Crippen LogP contribution in [0.5, 0.6) is 0 Å². The van der Waals surface area contributed by atoms with Gasteiger partial charge in [0.25, 0.3) is 0 Å². The summed E-state index contributed by atoms with van der Waals surface area (Å²) < 4.78 is 5.33. The van der Waals surface area contributed by atoms with Crippen molar-refractivity contribution in [2.45, 2.75) is 38.6 Å². The SMILES string of the molecule is CCCC1CCC(=O)N1CCN1CCOCC1. The molecule has 0 saturated carbocycles. The molecule has 2 heterocycles. The molecule has 0 aromatic rings. The number of amides is 1. The summed E-state index contributed by atoms with van der Waals surface area (Å²) in [5.41, 5.74) is 0. The monoisotopic (exact) mass is 240 g/mol. The molecular weight excluding hydrogens is 216 g/mol. The molecule has 1 atom stereocenters. The Morgan fingerprint density at radius 3 is 2.76 bits per heavy atom. The van der Waals surface area contributed by atoms with Crippen LogP contribution in [-0.4, -0.2) is 61.1 Å². The molecule has 2 aliphatic rings. The van der Waals surface area contributed by atoms with Crippen molar-refractivity contribution in [3.8, 4) is 0 Å². The zero-order valence-electron chi connectivity index (χ0n) is 10.9. The normalized spacial score (nSPS) is 26.8. The van der Waals surface area contributed by atoms with E-state index in [-0.39, 0.29) is 0 Å². The minimum atomic E-state index is 0.358. The second-order valence-electron chi connectivity index (χ2n) is 5.02. The molecule has 2 rings (SSSR count). The average molecular weight is 240 g/mol. The number of hydrogen-bond acceptors (Lipinski definition) is 3. The minimum Gasteiger partial charge on any atom is -0.379 e. The fourth-order valence-corrected chi connectivity index (χ4v) is 2.81. The maximum absolute atomic E-state index is 11.8. The molecule has 4 nitrogen and oxygen atoms in total. The first-order chi connectivity index (χ1) is 8.31. The standard InChI is InChI=1S/C13H24N2O2/c1-2-3-12-4-5-13(16)15(12)7-6-14-8-10-17-11-9-14/h12H,2-11H2,1H3. The first-order valence-corrected chi connectivity index (χ1v) is 6.91. The van der Waals surface area contributed by atoms with E-state index in [0.717, 1.165) is 58.7 Å². The molecule has 4 heteroatoms. The Morgan fingerprint density at radius 1 is 1.29 bits per heavy atom. The quantitative estimate of drug-likeness (QED) is 0.721. The number of hydrogen-bond donors (Lipinski definition) is 0. The van der Waals surface area contributed by atoms with E-state index in [1.807, 2.05) is 0 Å². The summed E-state index contributed by atoms with van der Waals surface area (Å²) >= 11 is 0. The van der Waals surface area contributed by atoms with Crippen molar-refractivity contribution in [2.24, 2.45) is 0 Å². The maximum atomic E-state index is 11.8. The van der Waals surface area contributed by atoms with E-state index in [9.17, 15) is 4.79 Å². The summed E-state index contributed by atoms with van der Waals surface area (Å²) in [6.45, 7) is 7.82. The number of carbonyl (C=O) groups excluding carboxylic acids is 1. The number of morpholine rings is 1. The summed E-state index contributed by atoms with van der Waals surface area (Å²) in [4.78, 5) is 16.3. The second kappa shape index (κ2) is 6.36. The number of nitrogens with zero attached hydrogens (tertiary/aromatic N) is 2. The van der Waals surface area contributed by atoms with Crippen molar-refractivity contribution in [3.05, 3.63) is 0 Å². The highest BCUT2D eigenvalue weighted by Crippen LogP contribution is 2.22. The highest BCUT2D eigenvalue weighted by Gasteiger charge is 2.30. The highest BCUT2D eigenvalue weighted by atomic mass is 16.5. The number of carbonyl (C=O) groups is 1. The predicted molar refractivity (Wildman–Crippen MR) is 66.9 cm³/mol. The molecular formula is C13H24N2O2. The smallest absolute Gasteiger partial charge is 0.222 e. The molecule has 0 aliphatic carbocycles. The van der Waals surface area contributed by atoms with Crippen LogP contribution in [-0.2, 0) is 9.53 Å². The summed E-state index contributed by atoms with van der Waals surface area (Å²) in [7, 11) is 0. The summed E-state index contributed by atoms with van der Waals surface area (Å²) in [6.07, 6.45) is 4.16. The fourth-order valence-electron chi connectivity index (χ4n) is 2.81. The van der Waals surface area contributed by atoms with Crippen LogP contribution >= 0.6 is 0 Å². The molecule has 1 amide bonds. The Morgan fingerprint density at radius 2 is 2.06 bits per heavy atom. The molecule has 1 unspecified atom stereocenters. The lowest BCUT2D eigenvalue weighted by Crippen LogP contribution is -2.43. The molecule has 17 heavy (non-hydrogen) atoms. The van der Waals surface area contributed by atoms with Gasteiger partial charge in [0.05, 0.1) is 13.2 Å². The lowest BCUT2D eigenvalue weighted by Gasteiger charge is -2.31. The Hall–Kier alpha value is -0.610. The lowest BCUT2D eigenvalue weighted by molar-refractivity contribution is -0.129. The summed E-state index contributed by atoms with van der Waals surface area (Å²) in [5, 5.41) is 0. The van der Waals surface area contributed by atoms with Gasteiger partial charge in [0.2, 0.25) is 5.91 Å². The first kappa shape index (κ1) is 12.8. The third-order valence-corrected chi connectivity index (χ3v) is 3.84. The largest absolute Gasteiger partial charge is 0.379 e. The van der Waals surface area contributed by atoms with Gasteiger partial charge in [0.1, 0.15) is 0 Å². The van der Waals surface area contributed by atoms with Crippen LogP contribution in [0.3, 0.4) is 0 Å². The molecule has 0 spiro atoms. The van der Waals surface area contributed by atoms with Gasteiger partial charge in [-0.25, -0.2) is 0 Å². The fraction of sp³-hybridized carbons (Fsp3) is 0.923. The molecule has 0 aromatic heterocycles. The molecule has 2 saturated heterocycles. The van der Waals surface area contributed by atoms with E-state index in [2.05, 4.69) is 16.7 Å². The van der Waals surface area contributed by atoms with Crippen LogP contribution < -0.4 is 0 Å². The van der Waals surface area contributed by atoms with E-state index in [1.54, 1.807) is 0 Å². The second-order valence-corrected chi connectivity index (χ2v) is 5.02. The summed E-state index contributed by atoms with van der Waals surface area (Å²) in [5.74, 6) is 0.358. The van der Waals surface area contributed by atoms with Crippen LogP contribution in [0, 0.1) is 0 Å². The Kier molecular flexibility index (Phi) is 4.80. The Labute approximate surface area is 104 Å². The van der Waals surface area contributed by atoms with Crippen molar-refractivity contribution in [2.75, 3.05) is 39.4 Å². The predicted octanol–water partition coefficient (Wildman–Crippen LogP) is 1.11. The van der Waals surface area contributed by atoms with Crippen molar-refractivity contribution >= 4 is 5.91 Å². The van der Waals surface area contributed by atoms with Gasteiger partial charge >= 0.3 is 0 Å². The van der Waals surface area contributed by atoms with Crippen LogP contribution in [0.15, 0.2) is 0 Å². The van der Waals surface area contributed by atoms with Gasteiger partial charge < -0.3 is 9.64 Å². The van der Waals surface area contributed by atoms with Crippen LogP contribution in [0.4, 0.5) is 0 Å². The minimum absolute atomic E-state index is 0.358. The van der Waals surface area contributed by atoms with Crippen molar-refractivity contribution in [1.29, 1.82) is 0 Å². The highest BCUT2D eigenvalue weighted by molar-refractivity contribution is 5.78. The molecule has 0 bridgehead atoms. The molecule has 2 aliphatic heterocycles. The van der Waals surface area contributed by atoms with Gasteiger partial charge in [-0.2, -0.15) is 0 Å². The lowest BCUT2D eigenvalue weighted by atomic mass is 10.1. The van der Waals surface area contributed by atoms with Crippen LogP contribution in [0.2, 0.25) is 0 Å². The number of likely N-dealkylation sites (tertiary alicyclic amines) is 1. The van der Waals surface area contributed by atoms with Gasteiger partial charge in [-0.3, -0.25) is 9.69 Å². The van der Waals surface area contributed by atoms with Gasteiger partial charge in [-0.05, 0) is 12.8 Å². The maximum Gasteiger partial charge on any atom is 0.222 e. The van der Waals surface area contributed by atoms with Gasteiger partial charge in [0, 0.05) is 38.6 Å². The first-order valence-electron chi connectivity index (χ1n) is 6.91. The number of rotatable bonds is 5. The van der Waals surface area contributed by atoms with Crippen molar-refractivity contribution < 1.29 is 9.53 Å². The van der Waals surface area contributed by atoms with Crippen LogP contribution in [0.1, 0.15) is 32.6 Å². The zero-order chi connectivity index (χ0) is 12.1. The van der Waals surface area contributed by atoms with E-state index in [4.69, 9.17) is 4.74 Å². The Bertz CT molecular complexity index is 252. The third-order valence-electron chi connectivity index (χ3n) is 3.84. The van der Waals surface area contributed by atoms with E-state index in [0.29, 0.717) is 11.9 Å². The van der Waals surface area contributed by atoms with Gasteiger partial charge in [-0.1, -0.05) is 13.3 Å². The van der Waals surface area contributed by atoms with Gasteiger partial charge in [-0.15, -0.1) is 0 Å². The average Bonchev–Trinajstić information content (AvgIpc) is 2.70. The van der Waals surface area contributed by atoms with Crippen molar-refractivity contribution in [3.63, 3.8) is 0 Å². The zero-order valence-corrected chi connectivity index (χ0v) is 10.9. The molecule has 0 radical (unpaired) electrons. The topological polar surface area (TPSA) is 32.8 Å². The summed E-state index contributed by atoms with van der Waals surface area (Å²) in [6, 6.07) is 0.508. The van der Waals surface area contributed by atoms with E-state index >= 15 is 0 Å². The number of ether oxygens (including phenoxy) is 1. The molecule has 0 N–H and O–H groups in total. The van der Waals surface area contributed by atoms with Crippen molar-refractivity contribution in [1.82, 2.24) is 9.80 Å². The Balaban J connectivity index is 1.77. The molecule has 0 aromatic carbocycles. The van der Waals surface area contributed by atoms with E-state index < -0.39 is 0 Å². The molecule has 98 valence electrons. The van der Waals surface area contributed by atoms with E-state index in [1.165, 1.54) is 6.42 Å². The molecule has 2 fully saturated rings.